The fraction of sp³-hybridized carbons (Fsp3) is 0.933. The van der Waals surface area contributed by atoms with Gasteiger partial charge < -0.3 is 9.47 Å². The second-order valence-corrected chi connectivity index (χ2v) is 15.2. The summed E-state index contributed by atoms with van der Waals surface area (Å²) in [6.07, 6.45) is 8.27. The number of hydrogen-bond acceptors (Lipinski definition) is 4. The van der Waals surface area contributed by atoms with Crippen LogP contribution in [0.3, 0.4) is 0 Å². The number of hydrogen-bond donors (Lipinski definition) is 0. The van der Waals surface area contributed by atoms with Gasteiger partial charge in [0.15, 0.2) is 5.60 Å². The number of ether oxygens (including phenoxy) is 2. The van der Waals surface area contributed by atoms with Crippen LogP contribution < -0.4 is 0 Å². The van der Waals surface area contributed by atoms with E-state index in [1.807, 2.05) is 0 Å². The van der Waals surface area contributed by atoms with Crippen molar-refractivity contribution in [2.24, 2.45) is 56.7 Å². The highest BCUT2D eigenvalue weighted by Crippen LogP contribution is 2.83. The molecule has 0 aromatic rings. The van der Waals surface area contributed by atoms with Gasteiger partial charge in [-0.2, -0.15) is 0 Å². The van der Waals surface area contributed by atoms with E-state index in [0.29, 0.717) is 35.9 Å². The molecule has 0 unspecified atom stereocenters. The van der Waals surface area contributed by atoms with Crippen LogP contribution in [0.25, 0.3) is 0 Å². The molecule has 4 nitrogen and oxygen atoms in total. The molecule has 188 valence electrons. The number of ketones is 1. The highest BCUT2D eigenvalue weighted by Gasteiger charge is 2.89. The van der Waals surface area contributed by atoms with E-state index >= 15 is 0 Å². The Morgan fingerprint density at radius 2 is 1.59 bits per heavy atom. The van der Waals surface area contributed by atoms with Gasteiger partial charge in [-0.3, -0.25) is 9.59 Å². The van der Waals surface area contributed by atoms with Gasteiger partial charge in [-0.25, -0.2) is 0 Å². The average Bonchev–Trinajstić information content (AvgIpc) is 3.51. The lowest BCUT2D eigenvalue weighted by molar-refractivity contribution is -0.270. The summed E-state index contributed by atoms with van der Waals surface area (Å²) in [4.78, 5) is 26.8. The predicted molar refractivity (Wildman–Crippen MR) is 129 cm³/mol. The fourth-order valence-electron chi connectivity index (χ4n) is 12.2. The van der Waals surface area contributed by atoms with Gasteiger partial charge in [0.2, 0.25) is 0 Å². The minimum absolute atomic E-state index is 0.0377. The molecular weight excluding hydrogens is 424 g/mol. The van der Waals surface area contributed by atoms with Gasteiger partial charge in [0, 0.05) is 23.2 Å². The van der Waals surface area contributed by atoms with Gasteiger partial charge in [0.25, 0.3) is 0 Å². The topological polar surface area (TPSA) is 55.9 Å². The Labute approximate surface area is 205 Å². The lowest BCUT2D eigenvalue weighted by atomic mass is 9.30. The molecule has 5 saturated carbocycles. The third-order valence-electron chi connectivity index (χ3n) is 14.3. The van der Waals surface area contributed by atoms with Crippen molar-refractivity contribution < 1.29 is 19.1 Å². The number of rotatable bonds is 0. The van der Waals surface area contributed by atoms with Crippen LogP contribution in [0.1, 0.15) is 99.8 Å². The number of carbonyl (C=O) groups is 2. The van der Waals surface area contributed by atoms with E-state index in [2.05, 4.69) is 48.5 Å². The molecule has 0 aromatic heterocycles. The van der Waals surface area contributed by atoms with Gasteiger partial charge in [0.1, 0.15) is 11.9 Å². The summed E-state index contributed by atoms with van der Waals surface area (Å²) in [5.74, 6) is 2.75. The molecule has 0 amide bonds. The predicted octanol–water partition coefficient (Wildman–Crippen LogP) is 5.96. The molecule has 0 radical (unpaired) electrons. The lowest BCUT2D eigenvalue weighted by Crippen LogP contribution is -2.75. The number of Topliss-reactive ketones (excluding diaryl/α,β-unsaturated/α-hetero) is 1. The molecule has 4 heteroatoms. The molecule has 2 bridgehead atoms. The van der Waals surface area contributed by atoms with E-state index in [-0.39, 0.29) is 51.2 Å². The second-order valence-electron chi connectivity index (χ2n) is 15.2. The van der Waals surface area contributed by atoms with E-state index in [1.165, 1.54) is 0 Å². The SMILES string of the molecule is C[C@H]1[C@H](C)CC[C@@]23CC[C@]4(C)[C@@](OC2=O)([C@H]13)[C@H]1O[C@H]1[C@@H]1[C@@]2(C)CCC(=O)C(C)(C)[C@@H]2CC[C@]14C. The zero-order valence-electron chi connectivity index (χ0n) is 22.3. The smallest absolute Gasteiger partial charge is 0.313 e. The van der Waals surface area contributed by atoms with Gasteiger partial charge in [-0.05, 0) is 79.4 Å². The van der Waals surface area contributed by atoms with Crippen molar-refractivity contribution in [3.05, 3.63) is 0 Å². The van der Waals surface area contributed by atoms with Gasteiger partial charge in [-0.15, -0.1) is 0 Å². The van der Waals surface area contributed by atoms with Crippen molar-refractivity contribution in [2.45, 2.75) is 118 Å². The van der Waals surface area contributed by atoms with E-state index < -0.39 is 5.60 Å². The van der Waals surface area contributed by atoms with Crippen LogP contribution in [0.2, 0.25) is 0 Å². The Hall–Kier alpha value is -0.900. The van der Waals surface area contributed by atoms with Crippen LogP contribution in [-0.2, 0) is 19.1 Å². The third kappa shape index (κ3) is 1.99. The highest BCUT2D eigenvalue weighted by atomic mass is 16.6. The van der Waals surface area contributed by atoms with Crippen molar-refractivity contribution >= 4 is 11.8 Å². The largest absolute Gasteiger partial charge is 0.455 e. The normalized spacial score (nSPS) is 63.0. The van der Waals surface area contributed by atoms with Crippen molar-refractivity contribution in [1.29, 1.82) is 0 Å². The Kier molecular flexibility index (Phi) is 3.92. The molecule has 2 aliphatic heterocycles. The van der Waals surface area contributed by atoms with E-state index in [0.717, 1.165) is 44.9 Å². The summed E-state index contributed by atoms with van der Waals surface area (Å²) in [5.41, 5.74) is -0.973. The van der Waals surface area contributed by atoms with Crippen LogP contribution in [0.4, 0.5) is 0 Å². The summed E-state index contributed by atoms with van der Waals surface area (Å²) in [6, 6.07) is 0. The number of carbonyl (C=O) groups excluding carboxylic acids is 2. The van der Waals surface area contributed by atoms with E-state index in [1.54, 1.807) is 0 Å². The first kappa shape index (κ1) is 22.3. The summed E-state index contributed by atoms with van der Waals surface area (Å²) >= 11 is 0. The first-order valence-corrected chi connectivity index (χ1v) is 14.2. The first-order valence-electron chi connectivity index (χ1n) is 14.2. The van der Waals surface area contributed by atoms with Crippen LogP contribution in [0.5, 0.6) is 0 Å². The maximum Gasteiger partial charge on any atom is 0.313 e. The van der Waals surface area contributed by atoms with Crippen molar-refractivity contribution in [3.63, 3.8) is 0 Å². The summed E-state index contributed by atoms with van der Waals surface area (Å²) in [5, 5.41) is 0. The van der Waals surface area contributed by atoms with Gasteiger partial charge >= 0.3 is 5.97 Å². The molecule has 1 spiro atoms. The molecule has 2 heterocycles. The first-order chi connectivity index (χ1) is 15.8. The summed E-state index contributed by atoms with van der Waals surface area (Å²) in [7, 11) is 0. The van der Waals surface area contributed by atoms with Crippen molar-refractivity contribution in [1.82, 2.24) is 0 Å². The van der Waals surface area contributed by atoms with E-state index in [4.69, 9.17) is 9.47 Å². The lowest BCUT2D eigenvalue weighted by Gasteiger charge is -2.72. The Balaban J connectivity index is 1.40. The van der Waals surface area contributed by atoms with E-state index in [9.17, 15) is 9.59 Å². The standard InChI is InChI=1S/C30H44O4/c1-16-8-13-29-15-14-28(7)27(6)12-9-18-25(3,4)19(31)10-11-26(18,5)22(27)20-23(33-20)30(28,34-24(29)32)21(29)17(16)2/h16-18,20-23H,8-15H2,1-7H3/t16-,17+,18+,20+,21-,22-,23+,26+,27-,28+,29+,30-/m1/s1. The van der Waals surface area contributed by atoms with Gasteiger partial charge in [-0.1, -0.05) is 48.5 Å². The second kappa shape index (κ2) is 5.97. The zero-order chi connectivity index (χ0) is 24.3. The molecule has 34 heavy (non-hydrogen) atoms. The fourth-order valence-corrected chi connectivity index (χ4v) is 12.2. The molecule has 0 aromatic carbocycles. The van der Waals surface area contributed by atoms with Crippen LogP contribution in [0.15, 0.2) is 0 Å². The Bertz CT molecular complexity index is 1000. The number of epoxide rings is 1. The molecule has 2 saturated heterocycles. The molecule has 7 rings (SSSR count). The summed E-state index contributed by atoms with van der Waals surface area (Å²) < 4.78 is 13.6. The molecule has 0 N–H and O–H groups in total. The highest BCUT2D eigenvalue weighted by molar-refractivity contribution is 5.85. The zero-order valence-corrected chi connectivity index (χ0v) is 22.3. The minimum Gasteiger partial charge on any atom is -0.455 e. The summed E-state index contributed by atoms with van der Waals surface area (Å²) in [6.45, 7) is 16.7. The van der Waals surface area contributed by atoms with Crippen LogP contribution in [-0.4, -0.2) is 29.6 Å². The minimum atomic E-state index is -0.477. The molecule has 7 fully saturated rings. The van der Waals surface area contributed by atoms with Gasteiger partial charge in [0.05, 0.1) is 11.5 Å². The monoisotopic (exact) mass is 468 g/mol. The Morgan fingerprint density at radius 1 is 0.853 bits per heavy atom. The molecule has 12 atom stereocenters. The van der Waals surface area contributed by atoms with Crippen molar-refractivity contribution in [3.8, 4) is 0 Å². The van der Waals surface area contributed by atoms with Crippen LogP contribution in [0, 0.1) is 56.7 Å². The van der Waals surface area contributed by atoms with Crippen LogP contribution >= 0.6 is 0 Å². The Morgan fingerprint density at radius 3 is 2.32 bits per heavy atom. The maximum atomic E-state index is 13.8. The number of fused-ring (bicyclic) bond motifs is 6. The molecule has 5 aliphatic carbocycles. The average molecular weight is 469 g/mol. The quantitative estimate of drug-likeness (QED) is 0.325. The molecule has 7 aliphatic rings. The number of esters is 1. The molecular formula is C30H44O4. The van der Waals surface area contributed by atoms with Crippen molar-refractivity contribution in [2.75, 3.05) is 0 Å². The maximum absolute atomic E-state index is 13.8. The third-order valence-corrected chi connectivity index (χ3v) is 14.3.